The first-order chi connectivity index (χ1) is 12.5. The Morgan fingerprint density at radius 2 is 2.35 bits per heavy atom. The molecule has 0 aromatic heterocycles. The van der Waals surface area contributed by atoms with Crippen LogP contribution >= 0.6 is 0 Å². The molecule has 1 aromatic rings. The molecule has 0 radical (unpaired) electrons. The van der Waals surface area contributed by atoms with Crippen LogP contribution in [0.3, 0.4) is 0 Å². The molecule has 3 rings (SSSR count). The molecule has 2 aliphatic rings. The van der Waals surface area contributed by atoms with Crippen molar-refractivity contribution in [1.29, 1.82) is 10.7 Å². The van der Waals surface area contributed by atoms with Crippen molar-refractivity contribution >= 4 is 17.8 Å². The number of halogens is 1. The Kier molecular flexibility index (Phi) is 5.33. The lowest BCUT2D eigenvalue weighted by molar-refractivity contribution is -0.124. The quantitative estimate of drug-likeness (QED) is 0.578. The second kappa shape index (κ2) is 7.67. The number of nitrogens with one attached hydrogen (secondary N) is 3. The number of hydrogen-bond acceptors (Lipinski definition) is 5. The fourth-order valence-electron chi connectivity index (χ4n) is 3.84. The number of piperidine rings is 1. The maximum absolute atomic E-state index is 14.3. The van der Waals surface area contributed by atoms with Crippen LogP contribution in [0.5, 0.6) is 0 Å². The van der Waals surface area contributed by atoms with Crippen LogP contribution < -0.4 is 16.4 Å². The molecule has 7 heteroatoms. The number of carbonyl (C=O) groups is 1. The molecule has 1 aliphatic heterocycles. The lowest BCUT2D eigenvalue weighted by Gasteiger charge is -2.23. The summed E-state index contributed by atoms with van der Waals surface area (Å²) in [6, 6.07) is 5.88. The molecule has 5 N–H and O–H groups in total. The van der Waals surface area contributed by atoms with Crippen LogP contribution in [0.15, 0.2) is 24.3 Å². The monoisotopic (exact) mass is 355 g/mol. The third-order valence-corrected chi connectivity index (χ3v) is 5.19. The zero-order valence-electron chi connectivity index (χ0n) is 14.3. The molecular weight excluding hydrogens is 333 g/mol. The highest BCUT2D eigenvalue weighted by atomic mass is 19.1. The van der Waals surface area contributed by atoms with E-state index >= 15 is 0 Å². The summed E-state index contributed by atoms with van der Waals surface area (Å²) in [5.74, 6) is -0.339. The molecule has 1 unspecified atom stereocenters. The number of nitrogens with two attached hydrogens (primary N) is 1. The highest BCUT2D eigenvalue weighted by Crippen LogP contribution is 2.35. The summed E-state index contributed by atoms with van der Waals surface area (Å²) in [5, 5.41) is 22.4. The highest BCUT2D eigenvalue weighted by molar-refractivity contribution is 5.83. The summed E-state index contributed by atoms with van der Waals surface area (Å²) >= 11 is 0. The molecule has 4 atom stereocenters. The molecule has 1 saturated heterocycles. The summed E-state index contributed by atoms with van der Waals surface area (Å²) < 4.78 is 14.3. The van der Waals surface area contributed by atoms with Crippen LogP contribution in [0, 0.1) is 28.5 Å². The number of allylic oxidation sites excluding steroid dienone is 1. The van der Waals surface area contributed by atoms with Crippen molar-refractivity contribution in [3.8, 4) is 6.07 Å². The Hall–Kier alpha value is -2.72. The van der Waals surface area contributed by atoms with Gasteiger partial charge < -0.3 is 21.8 Å². The van der Waals surface area contributed by atoms with Crippen molar-refractivity contribution in [3.63, 3.8) is 0 Å². The van der Waals surface area contributed by atoms with Crippen molar-refractivity contribution in [2.45, 2.75) is 43.8 Å². The molecule has 6 nitrogen and oxygen atoms in total. The number of rotatable bonds is 6. The van der Waals surface area contributed by atoms with Crippen LogP contribution in [0.1, 0.15) is 30.4 Å². The average Bonchev–Trinajstić information content (AvgIpc) is 3.26. The summed E-state index contributed by atoms with van der Waals surface area (Å²) in [4.78, 5) is 12.4. The Balaban J connectivity index is 1.65. The van der Waals surface area contributed by atoms with Gasteiger partial charge in [-0.3, -0.25) is 4.79 Å². The predicted octanol–water partition coefficient (Wildman–Crippen LogP) is 1.47. The van der Waals surface area contributed by atoms with E-state index in [2.05, 4.69) is 10.6 Å². The first-order valence-electron chi connectivity index (χ1n) is 8.73. The molecule has 1 aliphatic carbocycles. The fraction of sp³-hybridized carbons (Fsp3) is 0.421. The Bertz CT molecular complexity index is 785. The summed E-state index contributed by atoms with van der Waals surface area (Å²) in [6.45, 7) is 0. The van der Waals surface area contributed by atoms with Gasteiger partial charge in [-0.2, -0.15) is 5.26 Å². The van der Waals surface area contributed by atoms with Gasteiger partial charge in [-0.25, -0.2) is 4.39 Å². The molecule has 2 bridgehead atoms. The Labute approximate surface area is 151 Å². The van der Waals surface area contributed by atoms with Gasteiger partial charge in [-0.05, 0) is 42.9 Å². The van der Waals surface area contributed by atoms with E-state index in [4.69, 9.17) is 11.1 Å². The minimum Gasteiger partial charge on any atom is -0.398 e. The van der Waals surface area contributed by atoms with Crippen molar-refractivity contribution in [2.75, 3.05) is 0 Å². The van der Waals surface area contributed by atoms with E-state index in [0.717, 1.165) is 25.5 Å². The van der Waals surface area contributed by atoms with Gasteiger partial charge in [-0.15, -0.1) is 0 Å². The number of hydrogen-bond donors (Lipinski definition) is 4. The summed E-state index contributed by atoms with van der Waals surface area (Å²) in [6.07, 6.45) is 5.64. The zero-order chi connectivity index (χ0) is 18.7. The number of benzene rings is 1. The van der Waals surface area contributed by atoms with E-state index in [0.29, 0.717) is 23.1 Å². The van der Waals surface area contributed by atoms with E-state index in [9.17, 15) is 14.4 Å². The van der Waals surface area contributed by atoms with E-state index < -0.39 is 11.9 Å². The Morgan fingerprint density at radius 1 is 1.54 bits per heavy atom. The number of fused-ring (bicyclic) bond motifs is 2. The smallest absolute Gasteiger partial charge is 0.238 e. The highest BCUT2D eigenvalue weighted by Gasteiger charge is 2.43. The van der Waals surface area contributed by atoms with Crippen LogP contribution in [0.2, 0.25) is 0 Å². The SMILES string of the molecule is N#C[C@H](Cc1ccc(C(N)=CC=N)cc1F)NC(=O)[C@H]1N[C@@H]2CCC1C2. The maximum Gasteiger partial charge on any atom is 0.238 e. The number of nitrogens with zero attached hydrogens (tertiary/aromatic N) is 1. The number of amides is 1. The van der Waals surface area contributed by atoms with Gasteiger partial charge in [0.25, 0.3) is 0 Å². The van der Waals surface area contributed by atoms with Crippen LogP contribution in [-0.4, -0.2) is 30.2 Å². The molecule has 26 heavy (non-hydrogen) atoms. The lowest BCUT2D eigenvalue weighted by Crippen LogP contribution is -2.50. The van der Waals surface area contributed by atoms with E-state index in [1.165, 1.54) is 12.1 Å². The van der Waals surface area contributed by atoms with E-state index in [1.54, 1.807) is 12.1 Å². The van der Waals surface area contributed by atoms with Gasteiger partial charge in [0.15, 0.2) is 0 Å². The first-order valence-corrected chi connectivity index (χ1v) is 8.73. The van der Waals surface area contributed by atoms with Crippen molar-refractivity contribution < 1.29 is 9.18 Å². The topological polar surface area (TPSA) is 115 Å². The van der Waals surface area contributed by atoms with Gasteiger partial charge in [0.1, 0.15) is 11.9 Å². The van der Waals surface area contributed by atoms with Gasteiger partial charge >= 0.3 is 0 Å². The molecular formula is C19H22FN5O. The van der Waals surface area contributed by atoms with Crippen LogP contribution in [0.4, 0.5) is 4.39 Å². The van der Waals surface area contributed by atoms with Crippen LogP contribution in [-0.2, 0) is 11.2 Å². The van der Waals surface area contributed by atoms with Gasteiger partial charge in [0.2, 0.25) is 5.91 Å². The predicted molar refractivity (Wildman–Crippen MR) is 96.6 cm³/mol. The zero-order valence-corrected chi connectivity index (χ0v) is 14.3. The molecule has 1 amide bonds. The van der Waals surface area contributed by atoms with Crippen molar-refractivity contribution in [1.82, 2.24) is 10.6 Å². The van der Waals surface area contributed by atoms with E-state index in [-0.39, 0.29) is 24.1 Å². The number of nitriles is 1. The molecule has 136 valence electrons. The van der Waals surface area contributed by atoms with Gasteiger partial charge in [0.05, 0.1) is 12.1 Å². The van der Waals surface area contributed by atoms with E-state index in [1.807, 2.05) is 6.07 Å². The molecule has 1 aromatic carbocycles. The third kappa shape index (κ3) is 3.75. The summed E-state index contributed by atoms with van der Waals surface area (Å²) in [7, 11) is 0. The molecule has 1 heterocycles. The minimum atomic E-state index is -0.793. The third-order valence-electron chi connectivity index (χ3n) is 5.19. The number of carbonyl (C=O) groups excluding carboxylic acids is 1. The standard InChI is InChI=1S/C19H22FN5O/c20-16-9-12(17(23)5-6-21)2-1-11(16)7-15(10-22)25-19(26)18-13-3-4-14(8-13)24-18/h1-2,5-6,9,13-15,18,21,24H,3-4,7-8,23H2,(H,25,26)/t13?,14-,15+,18+/m1/s1. The second-order valence-corrected chi connectivity index (χ2v) is 6.90. The van der Waals surface area contributed by atoms with Gasteiger partial charge in [0, 0.05) is 29.9 Å². The average molecular weight is 355 g/mol. The largest absolute Gasteiger partial charge is 0.398 e. The normalized spacial score (nSPS) is 25.5. The van der Waals surface area contributed by atoms with Crippen molar-refractivity contribution in [2.24, 2.45) is 11.7 Å². The lowest BCUT2D eigenvalue weighted by atomic mass is 9.98. The van der Waals surface area contributed by atoms with Crippen molar-refractivity contribution in [3.05, 3.63) is 41.2 Å². The van der Waals surface area contributed by atoms with Gasteiger partial charge in [-0.1, -0.05) is 12.1 Å². The molecule has 1 saturated carbocycles. The fourth-order valence-corrected chi connectivity index (χ4v) is 3.84. The Morgan fingerprint density at radius 3 is 2.92 bits per heavy atom. The van der Waals surface area contributed by atoms with Crippen LogP contribution in [0.25, 0.3) is 5.70 Å². The first kappa shape index (κ1) is 18.1. The minimum absolute atomic E-state index is 0.0867. The summed E-state index contributed by atoms with van der Waals surface area (Å²) in [5.41, 5.74) is 6.84. The molecule has 2 fully saturated rings. The second-order valence-electron chi connectivity index (χ2n) is 6.90. The maximum atomic E-state index is 14.3. The molecule has 0 spiro atoms.